The van der Waals surface area contributed by atoms with E-state index in [0.717, 1.165) is 16.2 Å². The van der Waals surface area contributed by atoms with E-state index in [4.69, 9.17) is 9.47 Å². The minimum absolute atomic E-state index is 0.309. The highest BCUT2D eigenvalue weighted by Gasteiger charge is 2.50. The summed E-state index contributed by atoms with van der Waals surface area (Å²) in [4.78, 5) is 24.6. The summed E-state index contributed by atoms with van der Waals surface area (Å²) < 4.78 is 10.6. The number of imide groups is 1. The van der Waals surface area contributed by atoms with Gasteiger partial charge in [0, 0.05) is 16.2 Å². The van der Waals surface area contributed by atoms with E-state index in [0.29, 0.717) is 17.9 Å². The fourth-order valence-corrected chi connectivity index (χ4v) is 3.83. The number of hydrogen-bond acceptors (Lipinski definition) is 5. The number of nitrogens with one attached hydrogen (secondary N) is 2. The van der Waals surface area contributed by atoms with Crippen LogP contribution in [0.5, 0.6) is 11.5 Å². The van der Waals surface area contributed by atoms with Crippen LogP contribution < -0.4 is 20.1 Å². The maximum Gasteiger partial charge on any atom is 0.322 e. The van der Waals surface area contributed by atoms with Crippen LogP contribution in [0.15, 0.2) is 17.0 Å². The summed E-state index contributed by atoms with van der Waals surface area (Å²) >= 11 is 1.63. The van der Waals surface area contributed by atoms with Crippen molar-refractivity contribution in [3.05, 3.63) is 17.7 Å². The molecule has 0 bridgehead atoms. The molecule has 0 saturated carbocycles. The molecule has 2 N–H and O–H groups in total. The molecular weight excluding hydrogens is 280 g/mol. The molecule has 1 fully saturated rings. The summed E-state index contributed by atoms with van der Waals surface area (Å²) in [6.45, 7) is 0. The van der Waals surface area contributed by atoms with Gasteiger partial charge in [0.1, 0.15) is 5.54 Å². The van der Waals surface area contributed by atoms with E-state index in [1.807, 2.05) is 6.07 Å². The zero-order valence-electron chi connectivity index (χ0n) is 11.1. The van der Waals surface area contributed by atoms with Gasteiger partial charge < -0.3 is 14.8 Å². The van der Waals surface area contributed by atoms with E-state index in [1.54, 1.807) is 32.0 Å². The Hall–Kier alpha value is -1.89. The molecule has 6 nitrogen and oxygen atoms in total. The highest BCUT2D eigenvalue weighted by atomic mass is 32.2. The number of thioether (sulfide) groups is 1. The van der Waals surface area contributed by atoms with Crippen molar-refractivity contribution >= 4 is 23.7 Å². The first kappa shape index (κ1) is 13.1. The SMILES string of the molecule is COc1cc2c(cc1OC)C1(CCS2)NC(=O)NC1=O. The second-order valence-electron chi connectivity index (χ2n) is 4.62. The lowest BCUT2D eigenvalue weighted by Crippen LogP contribution is -2.46. The quantitative estimate of drug-likeness (QED) is 0.802. The fourth-order valence-electron chi connectivity index (χ4n) is 2.62. The average Bonchev–Trinajstić information content (AvgIpc) is 2.73. The molecule has 0 aliphatic carbocycles. The van der Waals surface area contributed by atoms with Crippen LogP contribution in [0.4, 0.5) is 4.79 Å². The third kappa shape index (κ3) is 1.73. The number of benzene rings is 1. The maximum atomic E-state index is 12.2. The Morgan fingerprint density at radius 2 is 1.90 bits per heavy atom. The zero-order chi connectivity index (χ0) is 14.3. The topological polar surface area (TPSA) is 76.7 Å². The molecule has 1 spiro atoms. The molecule has 1 atom stereocenters. The van der Waals surface area contributed by atoms with E-state index in [-0.39, 0.29) is 5.91 Å². The maximum absolute atomic E-state index is 12.2. The molecular formula is C13H14N2O4S. The molecule has 7 heteroatoms. The minimum atomic E-state index is -0.989. The van der Waals surface area contributed by atoms with Crippen molar-refractivity contribution in [3.8, 4) is 11.5 Å². The summed E-state index contributed by atoms with van der Waals surface area (Å²) in [6.07, 6.45) is 0.553. The Labute approximate surface area is 120 Å². The molecule has 0 radical (unpaired) electrons. The number of carbonyl (C=O) groups excluding carboxylic acids is 2. The van der Waals surface area contributed by atoms with Crippen molar-refractivity contribution in [2.24, 2.45) is 0 Å². The molecule has 3 amide bonds. The molecule has 2 aliphatic heterocycles. The van der Waals surface area contributed by atoms with Crippen LogP contribution in [-0.2, 0) is 10.3 Å². The monoisotopic (exact) mass is 294 g/mol. The van der Waals surface area contributed by atoms with Gasteiger partial charge in [0.2, 0.25) is 0 Å². The Morgan fingerprint density at radius 1 is 1.20 bits per heavy atom. The van der Waals surface area contributed by atoms with Gasteiger partial charge in [0.05, 0.1) is 14.2 Å². The van der Waals surface area contributed by atoms with Crippen molar-refractivity contribution in [1.82, 2.24) is 10.6 Å². The Morgan fingerprint density at radius 3 is 2.50 bits per heavy atom. The number of amides is 3. The van der Waals surface area contributed by atoms with Crippen LogP contribution in [0.2, 0.25) is 0 Å². The second kappa shape index (κ2) is 4.59. The van der Waals surface area contributed by atoms with Gasteiger partial charge in [-0.15, -0.1) is 11.8 Å². The van der Waals surface area contributed by atoms with Gasteiger partial charge in [-0.1, -0.05) is 0 Å². The number of hydrogen-bond donors (Lipinski definition) is 2. The molecule has 2 aliphatic rings. The predicted molar refractivity (Wildman–Crippen MR) is 73.2 cm³/mol. The summed E-state index contributed by atoms with van der Waals surface area (Å²) in [6, 6.07) is 3.16. The zero-order valence-corrected chi connectivity index (χ0v) is 11.9. The lowest BCUT2D eigenvalue weighted by Gasteiger charge is -2.33. The minimum Gasteiger partial charge on any atom is -0.493 e. The molecule has 1 unspecified atom stereocenters. The third-order valence-electron chi connectivity index (χ3n) is 3.62. The first-order valence-electron chi connectivity index (χ1n) is 6.13. The van der Waals surface area contributed by atoms with E-state index in [9.17, 15) is 9.59 Å². The lowest BCUT2D eigenvalue weighted by atomic mass is 9.86. The summed E-state index contributed by atoms with van der Waals surface area (Å²) in [5, 5.41) is 5.07. The van der Waals surface area contributed by atoms with Gasteiger partial charge >= 0.3 is 6.03 Å². The van der Waals surface area contributed by atoms with Crippen molar-refractivity contribution in [2.75, 3.05) is 20.0 Å². The first-order valence-corrected chi connectivity index (χ1v) is 7.12. The van der Waals surface area contributed by atoms with Crippen molar-refractivity contribution < 1.29 is 19.1 Å². The van der Waals surface area contributed by atoms with Gasteiger partial charge in [-0.3, -0.25) is 10.1 Å². The van der Waals surface area contributed by atoms with E-state index >= 15 is 0 Å². The first-order chi connectivity index (χ1) is 9.60. The van der Waals surface area contributed by atoms with Gasteiger partial charge in [-0.25, -0.2) is 4.79 Å². The number of methoxy groups -OCH3 is 2. The number of rotatable bonds is 2. The van der Waals surface area contributed by atoms with Gasteiger partial charge in [0.25, 0.3) is 5.91 Å². The van der Waals surface area contributed by atoms with Crippen LogP contribution in [0, 0.1) is 0 Å². The van der Waals surface area contributed by atoms with Gasteiger partial charge in [0.15, 0.2) is 11.5 Å². The molecule has 3 rings (SSSR count). The average molecular weight is 294 g/mol. The molecule has 1 aromatic rings. The van der Waals surface area contributed by atoms with Crippen molar-refractivity contribution in [1.29, 1.82) is 0 Å². The van der Waals surface area contributed by atoms with Gasteiger partial charge in [-0.05, 0) is 18.6 Å². The third-order valence-corrected chi connectivity index (χ3v) is 4.68. The fraction of sp³-hybridized carbons (Fsp3) is 0.385. The number of ether oxygens (including phenoxy) is 2. The number of carbonyl (C=O) groups is 2. The summed E-state index contributed by atoms with van der Waals surface area (Å²) in [5.74, 6) is 1.59. The Bertz CT molecular complexity index is 604. The Balaban J connectivity index is 2.18. The van der Waals surface area contributed by atoms with Crippen LogP contribution in [0.3, 0.4) is 0 Å². The molecule has 1 saturated heterocycles. The van der Waals surface area contributed by atoms with E-state index in [2.05, 4.69) is 10.6 Å². The predicted octanol–water partition coefficient (Wildman–Crippen LogP) is 1.23. The van der Waals surface area contributed by atoms with Crippen molar-refractivity contribution in [2.45, 2.75) is 16.9 Å². The normalized spacial score (nSPS) is 24.1. The molecule has 106 valence electrons. The largest absolute Gasteiger partial charge is 0.493 e. The lowest BCUT2D eigenvalue weighted by molar-refractivity contribution is -0.124. The van der Waals surface area contributed by atoms with E-state index < -0.39 is 11.6 Å². The molecule has 2 heterocycles. The molecule has 0 aromatic heterocycles. The number of fused-ring (bicyclic) bond motifs is 2. The highest BCUT2D eigenvalue weighted by molar-refractivity contribution is 7.99. The second-order valence-corrected chi connectivity index (χ2v) is 5.75. The van der Waals surface area contributed by atoms with Crippen molar-refractivity contribution in [3.63, 3.8) is 0 Å². The van der Waals surface area contributed by atoms with Crippen LogP contribution in [0.1, 0.15) is 12.0 Å². The van der Waals surface area contributed by atoms with Crippen LogP contribution >= 0.6 is 11.8 Å². The molecule has 1 aromatic carbocycles. The molecule has 20 heavy (non-hydrogen) atoms. The standard InChI is InChI=1S/C13H14N2O4S/c1-18-8-5-7-10(6-9(8)19-2)20-4-3-13(7)11(16)14-12(17)15-13/h5-6H,3-4H2,1-2H3,(H2,14,15,16,17). The van der Waals surface area contributed by atoms with Crippen LogP contribution in [0.25, 0.3) is 0 Å². The van der Waals surface area contributed by atoms with Gasteiger partial charge in [-0.2, -0.15) is 0 Å². The summed E-state index contributed by atoms with van der Waals surface area (Å²) in [5.41, 5.74) is -0.230. The van der Waals surface area contributed by atoms with E-state index in [1.165, 1.54) is 0 Å². The van der Waals surface area contributed by atoms with Crippen LogP contribution in [-0.4, -0.2) is 31.9 Å². The number of urea groups is 1. The Kier molecular flexibility index (Phi) is 3.01. The summed E-state index contributed by atoms with van der Waals surface area (Å²) in [7, 11) is 3.11. The smallest absolute Gasteiger partial charge is 0.322 e. The highest BCUT2D eigenvalue weighted by Crippen LogP contribution is 2.46.